The summed E-state index contributed by atoms with van der Waals surface area (Å²) in [6.07, 6.45) is 1.48. The number of hydrogen-bond acceptors (Lipinski definition) is 21. The molecule has 1 unspecified atom stereocenters. The fourth-order valence-corrected chi connectivity index (χ4v) is 10.9. The minimum absolute atomic E-state index is 0.00770. The Labute approximate surface area is 539 Å². The van der Waals surface area contributed by atoms with Gasteiger partial charge in [0, 0.05) is 46.1 Å². The number of fused-ring (bicyclic) bond motifs is 5. The second-order valence-electron chi connectivity index (χ2n) is 22.7. The van der Waals surface area contributed by atoms with Crippen LogP contribution in [0.3, 0.4) is 0 Å². The third-order valence-corrected chi connectivity index (χ3v) is 16.0. The number of azide groups is 1. The Bertz CT molecular complexity index is 3240. The van der Waals surface area contributed by atoms with Crippen molar-refractivity contribution < 1.29 is 85.6 Å². The van der Waals surface area contributed by atoms with Crippen LogP contribution in [0, 0.1) is 18.7 Å². The number of pyridine rings is 2. The van der Waals surface area contributed by atoms with Crippen molar-refractivity contribution in [2.75, 3.05) is 137 Å². The number of carbonyl (C=O) groups excluding carboxylic acids is 5. The first-order chi connectivity index (χ1) is 45.1. The van der Waals surface area contributed by atoms with E-state index in [1.807, 2.05) is 0 Å². The van der Waals surface area contributed by atoms with E-state index in [0.29, 0.717) is 188 Å². The van der Waals surface area contributed by atoms with E-state index in [4.69, 9.17) is 68.4 Å². The van der Waals surface area contributed by atoms with E-state index in [0.717, 1.165) is 5.56 Å². The molecule has 1 aliphatic carbocycles. The molecule has 4 amide bonds. The Morgan fingerprint density at radius 1 is 0.806 bits per heavy atom. The first kappa shape index (κ1) is 73.2. The summed E-state index contributed by atoms with van der Waals surface area (Å²) in [5.41, 5.74) is 16.4. The molecule has 4 atom stereocenters. The van der Waals surface area contributed by atoms with Gasteiger partial charge >= 0.3 is 12.1 Å². The van der Waals surface area contributed by atoms with Gasteiger partial charge in [-0.2, -0.15) is 0 Å². The summed E-state index contributed by atoms with van der Waals surface area (Å²) < 4.78 is 77.2. The van der Waals surface area contributed by atoms with E-state index in [9.17, 15) is 33.9 Å². The third kappa shape index (κ3) is 21.1. The number of hydrogen-bond donors (Lipinski definition) is 6. The van der Waals surface area contributed by atoms with E-state index in [-0.39, 0.29) is 75.9 Å². The lowest BCUT2D eigenvalue weighted by Crippen LogP contribution is -2.54. The number of unbranched alkanes of at least 4 members (excludes halogenated alkanes) is 1. The van der Waals surface area contributed by atoms with Gasteiger partial charge in [-0.1, -0.05) is 38.0 Å². The molecule has 0 radical (unpaired) electrons. The minimum Gasteiger partial charge on any atom is -0.458 e. The molecule has 3 aliphatic rings. The fourth-order valence-electron chi connectivity index (χ4n) is 10.9. The van der Waals surface area contributed by atoms with Gasteiger partial charge in [0.25, 0.3) is 5.56 Å². The van der Waals surface area contributed by atoms with E-state index in [1.54, 1.807) is 58.0 Å². The second-order valence-corrected chi connectivity index (χ2v) is 22.7. The number of aromatic nitrogens is 2. The normalized spacial score (nSPS) is 16.0. The molecule has 29 heteroatoms. The minimum atomic E-state index is -2.04. The lowest BCUT2D eigenvalue weighted by molar-refractivity contribution is -0.172. The Kier molecular flexibility index (Phi) is 30.1. The average Bonchev–Trinajstić information content (AvgIpc) is 1.62. The summed E-state index contributed by atoms with van der Waals surface area (Å²) in [6.45, 7) is 14.1. The number of carbonyl (C=O) groups is 5. The molecule has 2 aliphatic heterocycles. The van der Waals surface area contributed by atoms with Crippen LogP contribution in [0.25, 0.3) is 32.7 Å². The zero-order chi connectivity index (χ0) is 66.5. The van der Waals surface area contributed by atoms with Gasteiger partial charge in [0.05, 0.1) is 154 Å². The number of halogens is 1. The van der Waals surface area contributed by atoms with Crippen molar-refractivity contribution in [2.45, 2.75) is 116 Å². The highest BCUT2D eigenvalue weighted by molar-refractivity contribution is 5.98. The molecular weight excluding hydrogens is 1220 g/mol. The molecule has 0 spiro atoms. The quantitative estimate of drug-likeness (QED) is 0.00984. The van der Waals surface area contributed by atoms with Crippen LogP contribution in [-0.4, -0.2) is 189 Å². The first-order valence-electron chi connectivity index (χ1n) is 31.7. The molecular formula is C64H89FN10O18. The predicted molar refractivity (Wildman–Crippen MR) is 336 cm³/mol. The van der Waals surface area contributed by atoms with Crippen LogP contribution in [0.1, 0.15) is 104 Å². The van der Waals surface area contributed by atoms with Crippen molar-refractivity contribution in [3.05, 3.63) is 102 Å². The number of nitrogens with one attached hydrogen (secondary N) is 4. The maximum absolute atomic E-state index is 15.5. The Morgan fingerprint density at radius 3 is 1.95 bits per heavy atom. The summed E-state index contributed by atoms with van der Waals surface area (Å²) >= 11 is 0. The van der Waals surface area contributed by atoms with Crippen LogP contribution in [0.4, 0.5) is 14.9 Å². The highest BCUT2D eigenvalue weighted by Crippen LogP contribution is 2.46. The second kappa shape index (κ2) is 38.2. The van der Waals surface area contributed by atoms with Crippen molar-refractivity contribution in [1.82, 2.24) is 25.5 Å². The molecule has 2 aromatic carbocycles. The van der Waals surface area contributed by atoms with E-state index >= 15 is 4.39 Å². The van der Waals surface area contributed by atoms with Gasteiger partial charge in [-0.05, 0) is 104 Å². The topological polar surface area (TPSA) is 365 Å². The molecule has 0 bridgehead atoms. The van der Waals surface area contributed by atoms with Gasteiger partial charge in [-0.15, -0.1) is 0 Å². The summed E-state index contributed by atoms with van der Waals surface area (Å²) in [5, 5.41) is 27.0. The Balaban J connectivity index is 0.766. The molecule has 7 N–H and O–H groups in total. The van der Waals surface area contributed by atoms with Gasteiger partial charge in [0.15, 0.2) is 5.60 Å². The molecule has 510 valence electrons. The monoisotopic (exact) mass is 1300 g/mol. The molecule has 0 fully saturated rings. The van der Waals surface area contributed by atoms with Gasteiger partial charge in [-0.3, -0.25) is 19.2 Å². The third-order valence-electron chi connectivity index (χ3n) is 16.0. The lowest BCUT2D eigenvalue weighted by Gasteiger charge is -2.31. The zero-order valence-electron chi connectivity index (χ0n) is 53.6. The van der Waals surface area contributed by atoms with Crippen molar-refractivity contribution >= 4 is 46.4 Å². The first-order valence-corrected chi connectivity index (χ1v) is 31.7. The Morgan fingerprint density at radius 2 is 1.39 bits per heavy atom. The number of ether oxygens (including phenoxy) is 11. The largest absolute Gasteiger partial charge is 0.458 e. The van der Waals surface area contributed by atoms with Crippen LogP contribution in [-0.2, 0) is 103 Å². The number of nitrogens with two attached hydrogens (primary N) is 1. The van der Waals surface area contributed by atoms with E-state index < -0.39 is 64.9 Å². The zero-order valence-corrected chi connectivity index (χ0v) is 53.6. The fraction of sp³-hybridized carbons (Fsp3) is 0.609. The van der Waals surface area contributed by atoms with Gasteiger partial charge in [0.1, 0.15) is 31.1 Å². The summed E-state index contributed by atoms with van der Waals surface area (Å²) in [5.74, 6) is -3.02. The van der Waals surface area contributed by atoms with Gasteiger partial charge in [-0.25, -0.2) is 19.0 Å². The molecule has 28 nitrogen and oxygen atoms in total. The van der Waals surface area contributed by atoms with E-state index in [2.05, 4.69) is 31.3 Å². The number of aryl methyl sites for hydroxylation is 1. The number of rotatable bonds is 44. The summed E-state index contributed by atoms with van der Waals surface area (Å²) in [6, 6.07) is 7.05. The number of esters is 1. The molecule has 93 heavy (non-hydrogen) atoms. The van der Waals surface area contributed by atoms with Crippen LogP contribution < -0.4 is 32.6 Å². The predicted octanol–water partition coefficient (Wildman–Crippen LogP) is 4.98. The standard InChI is InChI=1S/C64H89FN10O18/c1-5-64(82)48-36-53-58-46(38-75(53)61(79)47(48)40-92-62(64)80)56-50(14-13-45-42(4)49(65)37-52(70-58)55(45)56)72-63(81)93-39-43-9-11-44(12-10-43)69-59(77)51(8-6-7-16-66)71-60(78)57(41(2)3)73-54(76)15-18-83-20-22-85-24-26-87-28-30-89-32-34-91-35-33-90-31-29-88-27-25-86-23-21-84-19-17-68-74-67/h9-12,36-37,41,50-51,57,82H,5-8,13-35,38-40,66H2,1-4H3,(H,69,77)(H,71,78)(H,72,81)(H,73,76)/t50-,51-,57-,64?/m0/s1. The number of anilines is 1. The highest BCUT2D eigenvalue weighted by Gasteiger charge is 2.46. The molecule has 0 saturated carbocycles. The number of cyclic esters (lactones) is 1. The highest BCUT2D eigenvalue weighted by atomic mass is 19.1. The molecule has 4 heterocycles. The average molecular weight is 1310 g/mol. The van der Waals surface area contributed by atoms with Crippen molar-refractivity contribution in [3.63, 3.8) is 0 Å². The van der Waals surface area contributed by atoms with Crippen LogP contribution in [0.15, 0.2) is 46.3 Å². The number of benzene rings is 2. The van der Waals surface area contributed by atoms with Crippen molar-refractivity contribution in [2.24, 2.45) is 16.8 Å². The summed E-state index contributed by atoms with van der Waals surface area (Å²) in [4.78, 5) is 88.6. The van der Waals surface area contributed by atoms with Gasteiger partial charge < -0.3 is 88.8 Å². The van der Waals surface area contributed by atoms with Crippen LogP contribution in [0.5, 0.6) is 0 Å². The maximum atomic E-state index is 15.5. The molecule has 2 aromatic heterocycles. The number of aliphatic hydroxyl groups is 1. The molecule has 0 saturated heterocycles. The van der Waals surface area contributed by atoms with E-state index in [1.165, 1.54) is 10.6 Å². The number of amides is 4. The molecule has 7 rings (SSSR count). The van der Waals surface area contributed by atoms with Crippen LogP contribution >= 0.6 is 0 Å². The van der Waals surface area contributed by atoms with Gasteiger partial charge in [0.2, 0.25) is 17.7 Å². The molecule has 4 aromatic rings. The number of alkyl carbamates (subject to hydrolysis) is 1. The van der Waals surface area contributed by atoms with Crippen molar-refractivity contribution in [3.8, 4) is 11.4 Å². The van der Waals surface area contributed by atoms with Crippen LogP contribution in [0.2, 0.25) is 0 Å². The van der Waals surface area contributed by atoms with Crippen molar-refractivity contribution in [1.29, 1.82) is 0 Å². The SMILES string of the molecule is CCC1(O)C(=O)OCc2c1cc1n(c2=O)Cc2c-1nc1cc(F)c(C)c3c1c2[C@@H](NC(=O)OCc1ccc(NC(=O)[C@H](CCCCN)NC(=O)[C@@H](NC(=O)CCOCCOCCOCCOCCOCCOCCOCCOCCOCCN=[N+]=[N-])C(C)C)cc1)CC3. The summed E-state index contributed by atoms with van der Waals surface area (Å²) in [7, 11) is 0. The lowest BCUT2D eigenvalue weighted by atomic mass is 9.81. The maximum Gasteiger partial charge on any atom is 0.407 e. The smallest absolute Gasteiger partial charge is 0.407 e. The number of nitrogens with zero attached hydrogens (tertiary/aromatic N) is 5. The Hall–Kier alpha value is -7.25.